The van der Waals surface area contributed by atoms with Crippen LogP contribution in [0.15, 0.2) is 18.2 Å². The van der Waals surface area contributed by atoms with E-state index in [1.165, 1.54) is 6.07 Å². The second kappa shape index (κ2) is 6.99. The SMILES string of the molecule is CC(CN)CNC(=O)C1CC1c1ccc(F)c(F)c1.Cl. The monoisotopic (exact) mass is 304 g/mol. The van der Waals surface area contributed by atoms with E-state index in [-0.39, 0.29) is 36.1 Å². The van der Waals surface area contributed by atoms with Gasteiger partial charge in [-0.1, -0.05) is 13.0 Å². The van der Waals surface area contributed by atoms with Crippen molar-refractivity contribution in [2.45, 2.75) is 19.3 Å². The van der Waals surface area contributed by atoms with Crippen molar-refractivity contribution in [2.24, 2.45) is 17.6 Å². The molecule has 0 spiro atoms. The standard InChI is InChI=1S/C14H18F2N2O.ClH/c1-8(6-17)7-18-14(19)11-5-10(11)9-2-3-12(15)13(16)4-9;/h2-4,8,10-11H,5-7,17H2,1H3,(H,18,19);1H. The molecule has 3 nitrogen and oxygen atoms in total. The molecular weight excluding hydrogens is 286 g/mol. The Morgan fingerprint density at radius 3 is 2.75 bits per heavy atom. The van der Waals surface area contributed by atoms with Gasteiger partial charge in [0.1, 0.15) is 0 Å². The van der Waals surface area contributed by atoms with Gasteiger partial charge in [-0.3, -0.25) is 4.79 Å². The lowest BCUT2D eigenvalue weighted by molar-refractivity contribution is -0.122. The van der Waals surface area contributed by atoms with E-state index in [0.29, 0.717) is 25.1 Å². The number of nitrogens with two attached hydrogens (primary N) is 1. The highest BCUT2D eigenvalue weighted by Gasteiger charge is 2.44. The Morgan fingerprint density at radius 2 is 2.15 bits per heavy atom. The van der Waals surface area contributed by atoms with E-state index >= 15 is 0 Å². The molecule has 1 amide bonds. The van der Waals surface area contributed by atoms with Crippen molar-refractivity contribution in [3.63, 3.8) is 0 Å². The van der Waals surface area contributed by atoms with Crippen molar-refractivity contribution in [1.82, 2.24) is 5.32 Å². The fourth-order valence-electron chi connectivity index (χ4n) is 2.09. The smallest absolute Gasteiger partial charge is 0.223 e. The van der Waals surface area contributed by atoms with Crippen LogP contribution in [0.3, 0.4) is 0 Å². The highest BCUT2D eigenvalue weighted by molar-refractivity contribution is 5.85. The van der Waals surface area contributed by atoms with Crippen LogP contribution in [0.1, 0.15) is 24.8 Å². The molecule has 0 aromatic heterocycles. The van der Waals surface area contributed by atoms with Crippen molar-refractivity contribution in [3.8, 4) is 0 Å². The van der Waals surface area contributed by atoms with Crippen molar-refractivity contribution in [2.75, 3.05) is 13.1 Å². The lowest BCUT2D eigenvalue weighted by atomic mass is 10.1. The zero-order chi connectivity index (χ0) is 14.0. The molecule has 1 saturated carbocycles. The van der Waals surface area contributed by atoms with Gasteiger partial charge in [0.25, 0.3) is 0 Å². The Morgan fingerprint density at radius 1 is 1.45 bits per heavy atom. The van der Waals surface area contributed by atoms with Crippen molar-refractivity contribution >= 4 is 18.3 Å². The molecule has 2 rings (SSSR count). The number of halogens is 3. The molecule has 20 heavy (non-hydrogen) atoms. The Bertz CT molecular complexity index is 484. The Balaban J connectivity index is 0.00000200. The van der Waals surface area contributed by atoms with Crippen LogP contribution < -0.4 is 11.1 Å². The highest BCUT2D eigenvalue weighted by Crippen LogP contribution is 2.47. The van der Waals surface area contributed by atoms with Crippen LogP contribution in [0.25, 0.3) is 0 Å². The molecule has 3 unspecified atom stereocenters. The third kappa shape index (κ3) is 3.90. The first-order valence-corrected chi connectivity index (χ1v) is 6.45. The molecule has 0 bridgehead atoms. The summed E-state index contributed by atoms with van der Waals surface area (Å²) in [5.41, 5.74) is 6.16. The third-order valence-corrected chi connectivity index (χ3v) is 3.53. The predicted octanol–water partition coefficient (Wildman–Crippen LogP) is 2.20. The van der Waals surface area contributed by atoms with E-state index in [2.05, 4.69) is 5.32 Å². The van der Waals surface area contributed by atoms with Gasteiger partial charge in [-0.2, -0.15) is 0 Å². The Hall–Kier alpha value is -1.20. The minimum absolute atomic E-state index is 0. The maximum absolute atomic E-state index is 13.1. The fourth-order valence-corrected chi connectivity index (χ4v) is 2.09. The number of carbonyl (C=O) groups excluding carboxylic acids is 1. The first-order chi connectivity index (χ1) is 9.02. The fraction of sp³-hybridized carbons (Fsp3) is 0.500. The van der Waals surface area contributed by atoms with Gasteiger partial charge in [0.15, 0.2) is 11.6 Å². The highest BCUT2D eigenvalue weighted by atomic mass is 35.5. The molecule has 1 aromatic rings. The average Bonchev–Trinajstić information content (AvgIpc) is 3.19. The van der Waals surface area contributed by atoms with Gasteiger partial charge in [0.05, 0.1) is 0 Å². The first kappa shape index (κ1) is 16.9. The summed E-state index contributed by atoms with van der Waals surface area (Å²) in [5.74, 6) is -1.64. The zero-order valence-corrected chi connectivity index (χ0v) is 12.1. The van der Waals surface area contributed by atoms with Crippen LogP contribution in [0, 0.1) is 23.5 Å². The van der Waals surface area contributed by atoms with Gasteiger partial charge >= 0.3 is 0 Å². The van der Waals surface area contributed by atoms with Gasteiger partial charge in [0.2, 0.25) is 5.91 Å². The Kier molecular flexibility index (Phi) is 5.89. The van der Waals surface area contributed by atoms with Gasteiger partial charge in [0, 0.05) is 12.5 Å². The number of amides is 1. The van der Waals surface area contributed by atoms with Crippen LogP contribution in [0.5, 0.6) is 0 Å². The average molecular weight is 305 g/mol. The van der Waals surface area contributed by atoms with Gasteiger partial charge in [-0.25, -0.2) is 8.78 Å². The quantitative estimate of drug-likeness (QED) is 0.876. The molecule has 0 saturated heterocycles. The summed E-state index contributed by atoms with van der Waals surface area (Å²) in [6, 6.07) is 3.82. The second-order valence-electron chi connectivity index (χ2n) is 5.21. The normalized spacial score (nSPS) is 21.8. The predicted molar refractivity (Wildman–Crippen MR) is 75.7 cm³/mol. The molecule has 1 fully saturated rings. The minimum Gasteiger partial charge on any atom is -0.356 e. The number of hydrogen-bond acceptors (Lipinski definition) is 2. The van der Waals surface area contributed by atoms with Crippen LogP contribution in [0.4, 0.5) is 8.78 Å². The second-order valence-corrected chi connectivity index (χ2v) is 5.21. The van der Waals surface area contributed by atoms with Gasteiger partial charge in [-0.15, -0.1) is 12.4 Å². The molecule has 1 aromatic carbocycles. The van der Waals surface area contributed by atoms with E-state index < -0.39 is 11.6 Å². The topological polar surface area (TPSA) is 55.1 Å². The molecule has 3 N–H and O–H groups in total. The summed E-state index contributed by atoms with van der Waals surface area (Å²) in [4.78, 5) is 11.8. The first-order valence-electron chi connectivity index (χ1n) is 6.45. The zero-order valence-electron chi connectivity index (χ0n) is 11.2. The van der Waals surface area contributed by atoms with E-state index in [1.54, 1.807) is 6.07 Å². The van der Waals surface area contributed by atoms with E-state index in [1.807, 2.05) is 6.92 Å². The lowest BCUT2D eigenvalue weighted by Crippen LogP contribution is -2.32. The van der Waals surface area contributed by atoms with Crippen molar-refractivity contribution in [3.05, 3.63) is 35.4 Å². The number of hydrogen-bond donors (Lipinski definition) is 2. The molecule has 112 valence electrons. The number of nitrogens with one attached hydrogen (secondary N) is 1. The molecule has 0 heterocycles. The van der Waals surface area contributed by atoms with Crippen molar-refractivity contribution in [1.29, 1.82) is 0 Å². The van der Waals surface area contributed by atoms with E-state index in [9.17, 15) is 13.6 Å². The summed E-state index contributed by atoms with van der Waals surface area (Å²) in [7, 11) is 0. The maximum Gasteiger partial charge on any atom is 0.223 e. The molecule has 3 atom stereocenters. The summed E-state index contributed by atoms with van der Waals surface area (Å²) in [5, 5.41) is 2.83. The third-order valence-electron chi connectivity index (χ3n) is 3.53. The van der Waals surface area contributed by atoms with Crippen LogP contribution in [-0.4, -0.2) is 19.0 Å². The van der Waals surface area contributed by atoms with Gasteiger partial charge in [-0.05, 0) is 42.5 Å². The van der Waals surface area contributed by atoms with E-state index in [4.69, 9.17) is 5.73 Å². The van der Waals surface area contributed by atoms with Crippen LogP contribution in [-0.2, 0) is 4.79 Å². The number of benzene rings is 1. The van der Waals surface area contributed by atoms with Crippen molar-refractivity contribution < 1.29 is 13.6 Å². The molecule has 0 aliphatic heterocycles. The van der Waals surface area contributed by atoms with Crippen LogP contribution in [0.2, 0.25) is 0 Å². The largest absolute Gasteiger partial charge is 0.356 e. The lowest BCUT2D eigenvalue weighted by Gasteiger charge is -2.09. The van der Waals surface area contributed by atoms with E-state index in [0.717, 1.165) is 6.07 Å². The molecule has 1 aliphatic carbocycles. The number of carbonyl (C=O) groups is 1. The number of rotatable bonds is 5. The molecule has 6 heteroatoms. The summed E-state index contributed by atoms with van der Waals surface area (Å²) in [6.07, 6.45) is 0.688. The minimum atomic E-state index is -0.861. The molecule has 0 radical (unpaired) electrons. The maximum atomic E-state index is 13.1. The summed E-state index contributed by atoms with van der Waals surface area (Å²) < 4.78 is 25.9. The summed E-state index contributed by atoms with van der Waals surface area (Å²) >= 11 is 0. The van der Waals surface area contributed by atoms with Gasteiger partial charge < -0.3 is 11.1 Å². The molecule has 1 aliphatic rings. The Labute approximate surface area is 123 Å². The summed E-state index contributed by atoms with van der Waals surface area (Å²) in [6.45, 7) is 3.04. The van der Waals surface area contributed by atoms with Crippen LogP contribution >= 0.6 is 12.4 Å². The molecular formula is C14H19ClF2N2O.